The normalized spacial score (nSPS) is 18.7. The average molecular weight is 320 g/mol. The highest BCUT2D eigenvalue weighted by Gasteiger charge is 2.29. The SMILES string of the molecule is OC1(CNc2c(F)cc(Br)cc2F)CCCCC1. The Labute approximate surface area is 114 Å². The maximum atomic E-state index is 13.6. The monoisotopic (exact) mass is 319 g/mol. The third-order valence-electron chi connectivity index (χ3n) is 3.39. The van der Waals surface area contributed by atoms with Crippen LogP contribution in [-0.2, 0) is 0 Å². The number of rotatable bonds is 3. The zero-order chi connectivity index (χ0) is 13.2. The molecule has 100 valence electrons. The van der Waals surface area contributed by atoms with Crippen LogP contribution in [0.5, 0.6) is 0 Å². The summed E-state index contributed by atoms with van der Waals surface area (Å²) in [6.45, 7) is 0.183. The predicted octanol–water partition coefficient (Wildman–Crippen LogP) is 3.83. The van der Waals surface area contributed by atoms with Crippen LogP contribution in [-0.4, -0.2) is 17.3 Å². The molecule has 0 amide bonds. The lowest BCUT2D eigenvalue weighted by atomic mass is 9.85. The Balaban J connectivity index is 2.06. The lowest BCUT2D eigenvalue weighted by Gasteiger charge is -2.32. The zero-order valence-corrected chi connectivity index (χ0v) is 11.6. The van der Waals surface area contributed by atoms with E-state index >= 15 is 0 Å². The second-order valence-electron chi connectivity index (χ2n) is 4.88. The summed E-state index contributed by atoms with van der Waals surface area (Å²) >= 11 is 3.03. The summed E-state index contributed by atoms with van der Waals surface area (Å²) in [6.07, 6.45) is 4.40. The van der Waals surface area contributed by atoms with Crippen LogP contribution >= 0.6 is 15.9 Å². The number of aliphatic hydroxyl groups is 1. The van der Waals surface area contributed by atoms with Crippen molar-refractivity contribution in [1.29, 1.82) is 0 Å². The molecule has 0 spiro atoms. The van der Waals surface area contributed by atoms with Crippen LogP contribution in [0, 0.1) is 11.6 Å². The summed E-state index contributed by atoms with van der Waals surface area (Å²) < 4.78 is 27.5. The van der Waals surface area contributed by atoms with Gasteiger partial charge in [0.25, 0.3) is 0 Å². The highest BCUT2D eigenvalue weighted by Crippen LogP contribution is 2.30. The van der Waals surface area contributed by atoms with Gasteiger partial charge in [-0.1, -0.05) is 35.2 Å². The average Bonchev–Trinajstić information content (AvgIpc) is 2.28. The van der Waals surface area contributed by atoms with E-state index in [1.54, 1.807) is 0 Å². The number of nitrogens with one attached hydrogen (secondary N) is 1. The maximum Gasteiger partial charge on any atom is 0.150 e. The van der Waals surface area contributed by atoms with Gasteiger partial charge in [0.05, 0.1) is 5.60 Å². The molecule has 1 saturated carbocycles. The molecule has 1 aromatic carbocycles. The van der Waals surface area contributed by atoms with E-state index in [9.17, 15) is 13.9 Å². The fourth-order valence-electron chi connectivity index (χ4n) is 2.35. The summed E-state index contributed by atoms with van der Waals surface area (Å²) in [5, 5.41) is 13.0. The Kier molecular flexibility index (Phi) is 4.22. The first kappa shape index (κ1) is 13.7. The van der Waals surface area contributed by atoms with Gasteiger partial charge >= 0.3 is 0 Å². The molecule has 1 fully saturated rings. The molecule has 1 aromatic rings. The second-order valence-corrected chi connectivity index (χ2v) is 5.80. The van der Waals surface area contributed by atoms with E-state index in [2.05, 4.69) is 21.2 Å². The molecule has 2 N–H and O–H groups in total. The molecule has 0 aliphatic heterocycles. The minimum Gasteiger partial charge on any atom is -0.388 e. The van der Waals surface area contributed by atoms with Crippen LogP contribution in [0.2, 0.25) is 0 Å². The van der Waals surface area contributed by atoms with Crippen LogP contribution in [0.4, 0.5) is 14.5 Å². The van der Waals surface area contributed by atoms with Crippen molar-refractivity contribution in [2.24, 2.45) is 0 Å². The van der Waals surface area contributed by atoms with E-state index in [0.29, 0.717) is 17.3 Å². The molecule has 5 heteroatoms. The summed E-state index contributed by atoms with van der Waals surface area (Å²) in [7, 11) is 0. The Bertz CT molecular complexity index is 410. The molecule has 1 aliphatic rings. The second kappa shape index (κ2) is 5.53. The van der Waals surface area contributed by atoms with E-state index in [-0.39, 0.29) is 12.2 Å². The van der Waals surface area contributed by atoms with Gasteiger partial charge < -0.3 is 10.4 Å². The molecular formula is C13H16BrF2NO. The minimum atomic E-state index is -0.843. The topological polar surface area (TPSA) is 32.3 Å². The van der Waals surface area contributed by atoms with Crippen molar-refractivity contribution in [3.05, 3.63) is 28.2 Å². The number of hydrogen-bond donors (Lipinski definition) is 2. The van der Waals surface area contributed by atoms with E-state index in [0.717, 1.165) is 19.3 Å². The molecule has 0 atom stereocenters. The van der Waals surface area contributed by atoms with Crippen LogP contribution in [0.15, 0.2) is 16.6 Å². The smallest absolute Gasteiger partial charge is 0.150 e. The van der Waals surface area contributed by atoms with Gasteiger partial charge in [0.1, 0.15) is 17.3 Å². The molecule has 0 unspecified atom stereocenters. The Hall–Kier alpha value is -0.680. The summed E-state index contributed by atoms with van der Waals surface area (Å²) in [5.74, 6) is -1.30. The molecular weight excluding hydrogens is 304 g/mol. The van der Waals surface area contributed by atoms with E-state index in [4.69, 9.17) is 0 Å². The van der Waals surface area contributed by atoms with Gasteiger partial charge in [-0.3, -0.25) is 0 Å². The van der Waals surface area contributed by atoms with Crippen LogP contribution in [0.1, 0.15) is 32.1 Å². The largest absolute Gasteiger partial charge is 0.388 e. The van der Waals surface area contributed by atoms with Gasteiger partial charge in [0.15, 0.2) is 0 Å². The number of benzene rings is 1. The lowest BCUT2D eigenvalue weighted by molar-refractivity contribution is 0.0166. The molecule has 18 heavy (non-hydrogen) atoms. The first-order valence-electron chi connectivity index (χ1n) is 6.11. The molecule has 0 bridgehead atoms. The summed E-state index contributed by atoms with van der Waals surface area (Å²) in [6, 6.07) is 2.41. The summed E-state index contributed by atoms with van der Waals surface area (Å²) in [5.41, 5.74) is -1.01. The van der Waals surface area contributed by atoms with Crippen LogP contribution in [0.25, 0.3) is 0 Å². The number of halogens is 3. The molecule has 1 aliphatic carbocycles. The molecule has 0 saturated heterocycles. The molecule has 2 nitrogen and oxygen atoms in total. The van der Waals surface area contributed by atoms with Gasteiger partial charge in [-0.05, 0) is 25.0 Å². The highest BCUT2D eigenvalue weighted by molar-refractivity contribution is 9.10. The number of anilines is 1. The predicted molar refractivity (Wildman–Crippen MR) is 70.6 cm³/mol. The molecule has 0 aromatic heterocycles. The van der Waals surface area contributed by atoms with Gasteiger partial charge in [-0.25, -0.2) is 8.78 Å². The van der Waals surface area contributed by atoms with Gasteiger partial charge in [-0.2, -0.15) is 0 Å². The molecule has 2 rings (SSSR count). The van der Waals surface area contributed by atoms with Crippen molar-refractivity contribution in [1.82, 2.24) is 0 Å². The van der Waals surface area contributed by atoms with E-state index in [1.165, 1.54) is 12.1 Å². The first-order chi connectivity index (χ1) is 8.50. The summed E-state index contributed by atoms with van der Waals surface area (Å²) in [4.78, 5) is 0. The Morgan fingerprint density at radius 1 is 1.17 bits per heavy atom. The van der Waals surface area contributed by atoms with E-state index in [1.807, 2.05) is 0 Å². The molecule has 0 radical (unpaired) electrons. The standard InChI is InChI=1S/C13H16BrF2NO/c14-9-6-10(15)12(11(16)7-9)17-8-13(18)4-2-1-3-5-13/h6-7,17-18H,1-5,8H2. The van der Waals surface area contributed by atoms with Crippen molar-refractivity contribution < 1.29 is 13.9 Å². The third kappa shape index (κ3) is 3.20. The Morgan fingerprint density at radius 3 is 2.28 bits per heavy atom. The first-order valence-corrected chi connectivity index (χ1v) is 6.90. The van der Waals surface area contributed by atoms with Crippen molar-refractivity contribution in [3.63, 3.8) is 0 Å². The van der Waals surface area contributed by atoms with Crippen molar-refractivity contribution >= 4 is 21.6 Å². The van der Waals surface area contributed by atoms with Gasteiger partial charge in [0, 0.05) is 11.0 Å². The minimum absolute atomic E-state index is 0.169. The maximum absolute atomic E-state index is 13.6. The van der Waals surface area contributed by atoms with E-state index < -0.39 is 17.2 Å². The quantitative estimate of drug-likeness (QED) is 0.887. The number of hydrogen-bond acceptors (Lipinski definition) is 2. The van der Waals surface area contributed by atoms with Gasteiger partial charge in [-0.15, -0.1) is 0 Å². The van der Waals surface area contributed by atoms with Crippen LogP contribution < -0.4 is 5.32 Å². The lowest BCUT2D eigenvalue weighted by Crippen LogP contribution is -2.39. The fraction of sp³-hybridized carbons (Fsp3) is 0.538. The van der Waals surface area contributed by atoms with Crippen LogP contribution in [0.3, 0.4) is 0 Å². The Morgan fingerprint density at radius 2 is 1.72 bits per heavy atom. The third-order valence-corrected chi connectivity index (χ3v) is 3.84. The van der Waals surface area contributed by atoms with Crippen molar-refractivity contribution in [3.8, 4) is 0 Å². The molecule has 0 heterocycles. The van der Waals surface area contributed by atoms with Crippen molar-refractivity contribution in [2.75, 3.05) is 11.9 Å². The highest BCUT2D eigenvalue weighted by atomic mass is 79.9. The fourth-order valence-corrected chi connectivity index (χ4v) is 2.75. The zero-order valence-electron chi connectivity index (χ0n) is 9.98. The van der Waals surface area contributed by atoms with Crippen molar-refractivity contribution in [2.45, 2.75) is 37.7 Å². The van der Waals surface area contributed by atoms with Gasteiger partial charge in [0.2, 0.25) is 0 Å².